The summed E-state index contributed by atoms with van der Waals surface area (Å²) in [6, 6.07) is 7.46. The summed E-state index contributed by atoms with van der Waals surface area (Å²) in [7, 11) is -2.75. The number of anilines is 1. The minimum atomic E-state index is -2.75. The molecule has 2 rings (SSSR count). The van der Waals surface area contributed by atoms with Gasteiger partial charge in [0, 0.05) is 11.1 Å². The first-order chi connectivity index (χ1) is 9.01. The van der Waals surface area contributed by atoms with Gasteiger partial charge in [0.05, 0.1) is 19.4 Å². The Morgan fingerprint density at radius 1 is 1.16 bits per heavy atom. The molecule has 4 nitrogen and oxygen atoms in total. The largest absolute Gasteiger partial charge is 0.399 e. The fraction of sp³-hybridized carbons (Fsp3) is 0.571. The molecule has 0 spiro atoms. The van der Waals surface area contributed by atoms with Crippen molar-refractivity contribution >= 4 is 13.6 Å². The molecule has 0 aromatic heterocycles. The Balaban J connectivity index is 2.00. The normalized spacial score (nSPS) is 21.2. The van der Waals surface area contributed by atoms with Crippen LogP contribution in [0.4, 0.5) is 5.69 Å². The van der Waals surface area contributed by atoms with Gasteiger partial charge >= 0.3 is 0 Å². The van der Waals surface area contributed by atoms with Gasteiger partial charge in [-0.3, -0.25) is 0 Å². The van der Waals surface area contributed by atoms with E-state index in [4.69, 9.17) is 14.8 Å². The van der Waals surface area contributed by atoms with E-state index in [1.54, 1.807) is 0 Å². The van der Waals surface area contributed by atoms with Crippen LogP contribution in [0.2, 0.25) is 0 Å². The van der Waals surface area contributed by atoms with Crippen LogP contribution in [0, 0.1) is 5.41 Å². The maximum absolute atomic E-state index is 10.5. The molecular formula is C14H23NO3P. The van der Waals surface area contributed by atoms with E-state index in [0.29, 0.717) is 19.4 Å². The molecule has 5 heteroatoms. The molecule has 1 aliphatic heterocycles. The number of hydrogen-bond acceptors (Lipinski definition) is 4. The molecule has 1 fully saturated rings. The Hall–Kier alpha value is -0.670. The Labute approximate surface area is 115 Å². The fourth-order valence-electron chi connectivity index (χ4n) is 2.16. The highest BCUT2D eigenvalue weighted by atomic mass is 31.2. The highest BCUT2D eigenvalue weighted by molar-refractivity contribution is 7.59. The summed E-state index contributed by atoms with van der Waals surface area (Å²) in [5, 5.41) is 0. The van der Waals surface area contributed by atoms with Crippen molar-refractivity contribution in [2.45, 2.75) is 32.9 Å². The number of benzene rings is 1. The molecule has 0 atom stereocenters. The maximum Gasteiger partial charge on any atom is 0.235 e. The second kappa shape index (κ2) is 5.76. The lowest BCUT2D eigenvalue weighted by atomic mass is 9.84. The van der Waals surface area contributed by atoms with Crippen LogP contribution >= 0.6 is 7.94 Å². The predicted octanol–water partition coefficient (Wildman–Crippen LogP) is 3.38. The van der Waals surface area contributed by atoms with Crippen LogP contribution in [0.25, 0.3) is 0 Å². The van der Waals surface area contributed by atoms with E-state index in [1.165, 1.54) is 0 Å². The third-order valence-electron chi connectivity index (χ3n) is 4.01. The molecule has 0 amide bonds. The molecule has 1 heterocycles. The molecule has 0 aliphatic carbocycles. The monoisotopic (exact) mass is 284 g/mol. The summed E-state index contributed by atoms with van der Waals surface area (Å²) in [5.74, 6) is 0. The number of hydrogen-bond donors (Lipinski definition) is 2. The Kier molecular flexibility index (Phi) is 4.46. The summed E-state index contributed by atoms with van der Waals surface area (Å²) in [6.45, 7) is 5.44. The van der Waals surface area contributed by atoms with E-state index in [1.807, 2.05) is 24.3 Å². The number of nitrogens with two attached hydrogens (primary N) is 1. The SMILES string of the molecule is CCC1(CC)CO[P](O)(Cc2ccc(N)cc2)OC1. The third-order valence-corrected chi connectivity index (χ3v) is 5.84. The van der Waals surface area contributed by atoms with Crippen molar-refractivity contribution < 1.29 is 13.9 Å². The van der Waals surface area contributed by atoms with Crippen molar-refractivity contribution in [1.82, 2.24) is 0 Å². The summed E-state index contributed by atoms with van der Waals surface area (Å²) in [5.41, 5.74) is 7.42. The molecule has 1 radical (unpaired) electrons. The van der Waals surface area contributed by atoms with E-state index in [9.17, 15) is 4.89 Å². The van der Waals surface area contributed by atoms with Gasteiger partial charge in [-0.15, -0.1) is 0 Å². The zero-order chi connectivity index (χ0) is 13.9. The molecule has 0 bridgehead atoms. The fourth-order valence-corrected chi connectivity index (χ4v) is 4.04. The zero-order valence-electron chi connectivity index (χ0n) is 11.6. The zero-order valence-corrected chi connectivity index (χ0v) is 12.5. The minimum absolute atomic E-state index is 0.0628. The molecule has 19 heavy (non-hydrogen) atoms. The minimum Gasteiger partial charge on any atom is -0.399 e. The van der Waals surface area contributed by atoms with Gasteiger partial charge in [-0.2, -0.15) is 0 Å². The Bertz CT molecular complexity index is 407. The molecule has 107 valence electrons. The van der Waals surface area contributed by atoms with Crippen molar-refractivity contribution in [3.8, 4) is 0 Å². The van der Waals surface area contributed by atoms with Gasteiger partial charge in [0.15, 0.2) is 0 Å². The topological polar surface area (TPSA) is 64.7 Å². The van der Waals surface area contributed by atoms with Crippen molar-refractivity contribution in [3.63, 3.8) is 0 Å². The van der Waals surface area contributed by atoms with Crippen LogP contribution in [0.5, 0.6) is 0 Å². The predicted molar refractivity (Wildman–Crippen MR) is 78.6 cm³/mol. The molecular weight excluding hydrogens is 261 g/mol. The maximum atomic E-state index is 10.5. The van der Waals surface area contributed by atoms with Crippen LogP contribution in [0.3, 0.4) is 0 Å². The van der Waals surface area contributed by atoms with Crippen molar-refractivity contribution in [3.05, 3.63) is 29.8 Å². The average molecular weight is 284 g/mol. The second-order valence-electron chi connectivity index (χ2n) is 5.29. The number of rotatable bonds is 4. The molecule has 1 saturated heterocycles. The van der Waals surface area contributed by atoms with Crippen molar-refractivity contribution in [2.24, 2.45) is 5.41 Å². The first kappa shape index (κ1) is 14.7. The number of nitrogen functional groups attached to an aromatic ring is 1. The van der Waals surface area contributed by atoms with E-state index in [0.717, 1.165) is 24.1 Å². The lowest BCUT2D eigenvalue weighted by Gasteiger charge is -2.43. The van der Waals surface area contributed by atoms with Crippen LogP contribution < -0.4 is 5.73 Å². The van der Waals surface area contributed by atoms with Gasteiger partial charge in [0.25, 0.3) is 0 Å². The summed E-state index contributed by atoms with van der Waals surface area (Å²) < 4.78 is 11.4. The van der Waals surface area contributed by atoms with E-state index in [2.05, 4.69) is 13.8 Å². The van der Waals surface area contributed by atoms with Gasteiger partial charge in [-0.05, 0) is 30.5 Å². The van der Waals surface area contributed by atoms with Crippen molar-refractivity contribution in [1.29, 1.82) is 0 Å². The van der Waals surface area contributed by atoms with Crippen LogP contribution in [0.1, 0.15) is 32.3 Å². The molecule has 1 aliphatic rings. The van der Waals surface area contributed by atoms with Gasteiger partial charge in [-0.1, -0.05) is 26.0 Å². The van der Waals surface area contributed by atoms with Gasteiger partial charge in [0.2, 0.25) is 7.94 Å². The van der Waals surface area contributed by atoms with Gasteiger partial charge < -0.3 is 19.7 Å². The first-order valence-corrected chi connectivity index (χ1v) is 8.51. The Morgan fingerprint density at radius 2 is 1.68 bits per heavy atom. The summed E-state index contributed by atoms with van der Waals surface area (Å²) in [6.07, 6.45) is 2.44. The van der Waals surface area contributed by atoms with Crippen LogP contribution in [0.15, 0.2) is 24.3 Å². The molecule has 0 saturated carbocycles. The quantitative estimate of drug-likeness (QED) is 0.657. The second-order valence-corrected chi connectivity index (χ2v) is 7.40. The first-order valence-electron chi connectivity index (χ1n) is 6.75. The molecule has 1 aromatic rings. The molecule has 0 unspecified atom stereocenters. The highest BCUT2D eigenvalue weighted by Gasteiger charge is 2.41. The van der Waals surface area contributed by atoms with Crippen molar-refractivity contribution in [2.75, 3.05) is 18.9 Å². The lowest BCUT2D eigenvalue weighted by molar-refractivity contribution is -0.00236. The van der Waals surface area contributed by atoms with Gasteiger partial charge in [0.1, 0.15) is 0 Å². The lowest BCUT2D eigenvalue weighted by Crippen LogP contribution is -2.36. The van der Waals surface area contributed by atoms with Gasteiger partial charge in [-0.25, -0.2) is 0 Å². The van der Waals surface area contributed by atoms with E-state index >= 15 is 0 Å². The third kappa shape index (κ3) is 3.46. The summed E-state index contributed by atoms with van der Waals surface area (Å²) in [4.78, 5) is 10.5. The smallest absolute Gasteiger partial charge is 0.235 e. The molecule has 3 N–H and O–H groups in total. The Morgan fingerprint density at radius 3 is 2.16 bits per heavy atom. The summed E-state index contributed by atoms with van der Waals surface area (Å²) >= 11 is 0. The van der Waals surface area contributed by atoms with Crippen LogP contribution in [-0.2, 0) is 15.2 Å². The molecule has 1 aromatic carbocycles. The van der Waals surface area contributed by atoms with E-state index < -0.39 is 7.94 Å². The van der Waals surface area contributed by atoms with E-state index in [-0.39, 0.29) is 5.41 Å². The standard InChI is InChI=1S/C14H23NO3P/c1-3-14(4-2)10-17-19(16,18-11-14)9-12-5-7-13(15)8-6-12/h5-8,16H,3-4,9-11,15H2,1-2H3. The average Bonchev–Trinajstić information content (AvgIpc) is 2.43. The van der Waals surface area contributed by atoms with Crippen LogP contribution in [-0.4, -0.2) is 18.1 Å². The highest BCUT2D eigenvalue weighted by Crippen LogP contribution is 2.64.